The van der Waals surface area contributed by atoms with Crippen molar-refractivity contribution >= 4 is 35.1 Å². The van der Waals surface area contributed by atoms with E-state index in [1.165, 1.54) is 30.5 Å². The van der Waals surface area contributed by atoms with E-state index in [0.717, 1.165) is 18.4 Å². The number of alkyl halides is 3. The number of nitrogens with zero attached hydrogens (tertiary/aromatic N) is 5. The van der Waals surface area contributed by atoms with E-state index in [9.17, 15) is 27.2 Å². The van der Waals surface area contributed by atoms with E-state index in [4.69, 9.17) is 4.42 Å². The van der Waals surface area contributed by atoms with Crippen LogP contribution in [0.2, 0.25) is 0 Å². The van der Waals surface area contributed by atoms with Gasteiger partial charge in [0.05, 0.1) is 17.6 Å². The first kappa shape index (κ1) is 30.9. The van der Waals surface area contributed by atoms with Crippen LogP contribution in [0.4, 0.5) is 45.6 Å². The molecule has 4 aromatic rings. The molecule has 0 aliphatic carbocycles. The number of carbonyl (C=O) groups excluding carboxylic acids is 2. The summed E-state index contributed by atoms with van der Waals surface area (Å²) in [6, 6.07) is 18.1. The molecule has 2 aromatic heterocycles. The Balaban J connectivity index is 1.08. The minimum Gasteiger partial charge on any atom is -0.417 e. The second-order valence-corrected chi connectivity index (χ2v) is 11.1. The molecule has 2 N–H and O–H groups in total. The standard InChI is InChI=1S/C32H31F4N7O3/c33-24-10-4-5-11-25(24)39-30(45)42-17-15-41(16-18-42)26-13-12-23(19-37-26)38-29(44)27-28(32(34,35)36)40-31(46-27)43-14-6-9-22(20-43)21-7-2-1-3-8-21/h1-5,7-8,10-13,19,22H,6,9,14-18,20H2,(H,38,44)(H,39,45)/t22-/m1/s1. The highest BCUT2D eigenvalue weighted by atomic mass is 19.4. The predicted molar refractivity (Wildman–Crippen MR) is 164 cm³/mol. The molecule has 2 aliphatic rings. The number of hydrogen-bond acceptors (Lipinski definition) is 7. The zero-order valence-electron chi connectivity index (χ0n) is 24.6. The van der Waals surface area contributed by atoms with Gasteiger partial charge in [-0.05, 0) is 42.7 Å². The third-order valence-corrected chi connectivity index (χ3v) is 8.07. The van der Waals surface area contributed by atoms with Crippen molar-refractivity contribution in [3.8, 4) is 0 Å². The first-order valence-electron chi connectivity index (χ1n) is 14.9. The lowest BCUT2D eigenvalue weighted by molar-refractivity contribution is -0.141. The number of benzene rings is 2. The second-order valence-electron chi connectivity index (χ2n) is 11.1. The van der Waals surface area contributed by atoms with E-state index >= 15 is 0 Å². The number of piperidine rings is 1. The van der Waals surface area contributed by atoms with Crippen molar-refractivity contribution in [1.29, 1.82) is 0 Å². The molecule has 240 valence electrons. The number of carbonyl (C=O) groups is 2. The van der Waals surface area contributed by atoms with Crippen LogP contribution < -0.4 is 20.4 Å². The molecule has 3 amide bonds. The van der Waals surface area contributed by atoms with Gasteiger partial charge >= 0.3 is 12.2 Å². The summed E-state index contributed by atoms with van der Waals surface area (Å²) < 4.78 is 61.2. The van der Waals surface area contributed by atoms with Crippen LogP contribution in [0.15, 0.2) is 77.3 Å². The van der Waals surface area contributed by atoms with E-state index in [-0.39, 0.29) is 23.3 Å². The van der Waals surface area contributed by atoms with Crippen LogP contribution in [0, 0.1) is 5.82 Å². The van der Waals surface area contributed by atoms with Gasteiger partial charge in [-0.2, -0.15) is 18.2 Å². The highest BCUT2D eigenvalue weighted by Crippen LogP contribution is 2.36. The number of rotatable bonds is 6. The Labute approximate surface area is 262 Å². The van der Waals surface area contributed by atoms with Crippen LogP contribution in [0.5, 0.6) is 0 Å². The fourth-order valence-corrected chi connectivity index (χ4v) is 5.67. The van der Waals surface area contributed by atoms with Crippen molar-refractivity contribution < 1.29 is 31.6 Å². The molecule has 2 saturated heterocycles. The van der Waals surface area contributed by atoms with E-state index in [1.807, 2.05) is 35.2 Å². The Morgan fingerprint density at radius 1 is 0.870 bits per heavy atom. The molecule has 4 heterocycles. The van der Waals surface area contributed by atoms with Crippen molar-refractivity contribution in [3.63, 3.8) is 0 Å². The Hall–Kier alpha value is -5.14. The summed E-state index contributed by atoms with van der Waals surface area (Å²) in [6.45, 7) is 2.48. The van der Waals surface area contributed by atoms with Crippen molar-refractivity contribution in [2.24, 2.45) is 0 Å². The quantitative estimate of drug-likeness (QED) is 0.242. The summed E-state index contributed by atoms with van der Waals surface area (Å²) in [5, 5.41) is 5.01. The molecule has 2 fully saturated rings. The van der Waals surface area contributed by atoms with Crippen LogP contribution in [-0.2, 0) is 6.18 Å². The van der Waals surface area contributed by atoms with Crippen LogP contribution in [0.1, 0.15) is 40.6 Å². The molecule has 0 saturated carbocycles. The second kappa shape index (κ2) is 13.1. The minimum absolute atomic E-state index is 0.0945. The number of piperazine rings is 1. The van der Waals surface area contributed by atoms with Gasteiger partial charge in [0.2, 0.25) is 5.76 Å². The van der Waals surface area contributed by atoms with Crippen LogP contribution in [-0.4, -0.2) is 66.1 Å². The maximum absolute atomic E-state index is 13.9. The number of nitrogens with one attached hydrogen (secondary N) is 2. The lowest BCUT2D eigenvalue weighted by atomic mass is 9.91. The zero-order chi connectivity index (χ0) is 32.3. The topological polar surface area (TPSA) is 107 Å². The third kappa shape index (κ3) is 6.90. The van der Waals surface area contributed by atoms with E-state index in [2.05, 4.69) is 20.6 Å². The van der Waals surface area contributed by atoms with Crippen LogP contribution >= 0.6 is 0 Å². The van der Waals surface area contributed by atoms with Crippen molar-refractivity contribution in [2.45, 2.75) is 24.9 Å². The minimum atomic E-state index is -4.90. The fraction of sp³-hybridized carbons (Fsp3) is 0.312. The van der Waals surface area contributed by atoms with E-state index < -0.39 is 35.4 Å². The monoisotopic (exact) mass is 637 g/mol. The number of oxazole rings is 1. The van der Waals surface area contributed by atoms with E-state index in [0.29, 0.717) is 45.1 Å². The molecule has 10 nitrogen and oxygen atoms in total. The fourth-order valence-electron chi connectivity index (χ4n) is 5.67. The van der Waals surface area contributed by atoms with E-state index in [1.54, 1.807) is 21.9 Å². The maximum Gasteiger partial charge on any atom is 0.437 e. The molecule has 46 heavy (non-hydrogen) atoms. The molecule has 2 aromatic carbocycles. The molecule has 0 radical (unpaired) electrons. The summed E-state index contributed by atoms with van der Waals surface area (Å²) in [5.74, 6) is -1.88. The molecule has 0 spiro atoms. The predicted octanol–water partition coefficient (Wildman–Crippen LogP) is 6.22. The van der Waals surface area contributed by atoms with Gasteiger partial charge in [0.25, 0.3) is 11.9 Å². The highest BCUT2D eigenvalue weighted by molar-refractivity contribution is 6.03. The van der Waals surface area contributed by atoms with Gasteiger partial charge in [-0.3, -0.25) is 4.79 Å². The summed E-state index contributed by atoms with van der Waals surface area (Å²) in [7, 11) is 0. The lowest BCUT2D eigenvalue weighted by Gasteiger charge is -2.35. The lowest BCUT2D eigenvalue weighted by Crippen LogP contribution is -2.50. The van der Waals surface area contributed by atoms with Gasteiger partial charge in [-0.15, -0.1) is 0 Å². The average Bonchev–Trinajstić information content (AvgIpc) is 3.54. The molecule has 2 aliphatic heterocycles. The summed E-state index contributed by atoms with van der Waals surface area (Å²) in [4.78, 5) is 38.8. The number of para-hydroxylation sites is 1. The average molecular weight is 638 g/mol. The smallest absolute Gasteiger partial charge is 0.417 e. The summed E-state index contributed by atoms with van der Waals surface area (Å²) in [6.07, 6.45) is -1.95. The Kier molecular flexibility index (Phi) is 8.77. The Morgan fingerprint density at radius 2 is 1.61 bits per heavy atom. The van der Waals surface area contributed by atoms with Gasteiger partial charge in [0.1, 0.15) is 11.6 Å². The van der Waals surface area contributed by atoms with Gasteiger partial charge < -0.3 is 29.8 Å². The van der Waals surface area contributed by atoms with Gasteiger partial charge in [0, 0.05) is 45.2 Å². The largest absolute Gasteiger partial charge is 0.437 e. The molecule has 0 bridgehead atoms. The number of halogens is 4. The normalized spacial score (nSPS) is 17.1. The Morgan fingerprint density at radius 3 is 2.30 bits per heavy atom. The number of hydrogen-bond donors (Lipinski definition) is 2. The number of anilines is 4. The first-order chi connectivity index (χ1) is 22.2. The summed E-state index contributed by atoms with van der Waals surface area (Å²) >= 11 is 0. The number of pyridine rings is 1. The van der Waals surface area contributed by atoms with Crippen LogP contribution in [0.3, 0.4) is 0 Å². The molecule has 0 unspecified atom stereocenters. The first-order valence-corrected chi connectivity index (χ1v) is 14.9. The molecular weight excluding hydrogens is 606 g/mol. The summed E-state index contributed by atoms with van der Waals surface area (Å²) in [5.41, 5.74) is -0.0367. The third-order valence-electron chi connectivity index (χ3n) is 8.07. The molecule has 14 heteroatoms. The van der Waals surface area contributed by atoms with Gasteiger partial charge in [-0.1, -0.05) is 42.5 Å². The Bertz CT molecular complexity index is 1670. The van der Waals surface area contributed by atoms with Crippen LogP contribution in [0.25, 0.3) is 0 Å². The van der Waals surface area contributed by atoms with Crippen molar-refractivity contribution in [2.75, 3.05) is 59.7 Å². The number of urea groups is 1. The molecular formula is C32H31F4N7O3. The van der Waals surface area contributed by atoms with Crippen molar-refractivity contribution in [1.82, 2.24) is 14.9 Å². The molecule has 1 atom stereocenters. The molecule has 6 rings (SSSR count). The maximum atomic E-state index is 13.9. The van der Waals surface area contributed by atoms with Gasteiger partial charge in [0.15, 0.2) is 5.69 Å². The highest BCUT2D eigenvalue weighted by Gasteiger charge is 2.42. The zero-order valence-corrected chi connectivity index (χ0v) is 24.6. The van der Waals surface area contributed by atoms with Gasteiger partial charge in [-0.25, -0.2) is 14.2 Å². The SMILES string of the molecule is O=C(Nc1ccc(N2CCN(C(=O)Nc3ccccc3F)CC2)nc1)c1oc(N2CCC[C@@H](c3ccccc3)C2)nc1C(F)(F)F. The number of amides is 3. The number of aromatic nitrogens is 2. The van der Waals surface area contributed by atoms with Crippen molar-refractivity contribution in [3.05, 3.63) is 95.8 Å².